The average molecular weight is 377 g/mol. The molecule has 1 saturated heterocycles. The van der Waals surface area contributed by atoms with E-state index >= 15 is 0 Å². The Morgan fingerprint density at radius 2 is 1.50 bits per heavy atom. The molecule has 0 bridgehead atoms. The lowest BCUT2D eigenvalue weighted by molar-refractivity contribution is 0.00578. The zero-order chi connectivity index (χ0) is 19.9. The van der Waals surface area contributed by atoms with Gasteiger partial charge in [0.1, 0.15) is 5.76 Å². The molecular weight excluding hydrogens is 353 g/mol. The van der Waals surface area contributed by atoms with Crippen LogP contribution in [0.25, 0.3) is 5.69 Å². The molecule has 3 aromatic rings. The van der Waals surface area contributed by atoms with Gasteiger partial charge in [0, 0.05) is 6.42 Å². The van der Waals surface area contributed by atoms with Gasteiger partial charge in [-0.15, -0.1) is 0 Å². The van der Waals surface area contributed by atoms with E-state index in [2.05, 4.69) is 0 Å². The van der Waals surface area contributed by atoms with Gasteiger partial charge in [-0.1, -0.05) is 42.5 Å². The molecule has 28 heavy (non-hydrogen) atoms. The summed E-state index contributed by atoms with van der Waals surface area (Å²) in [5, 5.41) is 0. The third kappa shape index (κ3) is 3.45. The first-order valence-corrected chi connectivity index (χ1v) is 9.46. The van der Waals surface area contributed by atoms with Crippen molar-refractivity contribution in [1.82, 2.24) is 4.57 Å². The normalized spacial score (nSPS) is 17.8. The maximum absolute atomic E-state index is 12.3. The van der Waals surface area contributed by atoms with Gasteiger partial charge in [0.25, 0.3) is 0 Å². The lowest BCUT2D eigenvalue weighted by atomic mass is 9.79. The van der Waals surface area contributed by atoms with Crippen molar-refractivity contribution in [3.63, 3.8) is 0 Å². The quantitative estimate of drug-likeness (QED) is 0.655. The van der Waals surface area contributed by atoms with Gasteiger partial charge in [-0.25, -0.2) is 9.36 Å². The van der Waals surface area contributed by atoms with Crippen LogP contribution in [0.5, 0.6) is 0 Å². The molecule has 6 heteroatoms. The summed E-state index contributed by atoms with van der Waals surface area (Å²) >= 11 is 0. The monoisotopic (exact) mass is 377 g/mol. The third-order valence-electron chi connectivity index (χ3n) is 5.61. The minimum Gasteiger partial charge on any atom is -0.412 e. The molecule has 5 nitrogen and oxygen atoms in total. The van der Waals surface area contributed by atoms with Crippen molar-refractivity contribution in [1.29, 1.82) is 0 Å². The van der Waals surface area contributed by atoms with Crippen molar-refractivity contribution in [3.8, 4) is 5.69 Å². The van der Waals surface area contributed by atoms with E-state index in [1.54, 1.807) is 6.20 Å². The zero-order valence-corrected chi connectivity index (χ0v) is 16.6. The van der Waals surface area contributed by atoms with Crippen LogP contribution in [0.4, 0.5) is 0 Å². The Kier molecular flexibility index (Phi) is 4.56. The topological polar surface area (TPSA) is 53.6 Å². The van der Waals surface area contributed by atoms with Crippen LogP contribution >= 0.6 is 0 Å². The average Bonchev–Trinajstić information content (AvgIpc) is 3.11. The van der Waals surface area contributed by atoms with Gasteiger partial charge in [-0.2, -0.15) is 0 Å². The van der Waals surface area contributed by atoms with Crippen LogP contribution in [-0.2, 0) is 15.7 Å². The number of nitrogens with zero attached hydrogens (tertiary/aromatic N) is 1. The third-order valence-corrected chi connectivity index (χ3v) is 5.61. The molecule has 2 aromatic carbocycles. The zero-order valence-electron chi connectivity index (χ0n) is 16.6. The number of oxazole rings is 1. The van der Waals surface area contributed by atoms with E-state index in [1.165, 1.54) is 4.57 Å². The number of benzene rings is 2. The highest BCUT2D eigenvalue weighted by atomic mass is 16.7. The highest BCUT2D eigenvalue weighted by Gasteiger charge is 2.51. The summed E-state index contributed by atoms with van der Waals surface area (Å²) in [6.45, 7) is 8.11. The summed E-state index contributed by atoms with van der Waals surface area (Å²) in [5.41, 5.74) is 1.99. The van der Waals surface area contributed by atoms with Gasteiger partial charge in [0.05, 0.1) is 23.1 Å². The molecule has 0 unspecified atom stereocenters. The van der Waals surface area contributed by atoms with Gasteiger partial charge >= 0.3 is 12.9 Å². The van der Waals surface area contributed by atoms with Gasteiger partial charge in [0.2, 0.25) is 0 Å². The van der Waals surface area contributed by atoms with Gasteiger partial charge in [-0.05, 0) is 50.9 Å². The van der Waals surface area contributed by atoms with E-state index in [4.69, 9.17) is 13.7 Å². The van der Waals surface area contributed by atoms with Crippen molar-refractivity contribution in [2.45, 2.75) is 45.3 Å². The summed E-state index contributed by atoms with van der Waals surface area (Å²) in [5.74, 6) is 0.237. The molecule has 1 aliphatic heterocycles. The van der Waals surface area contributed by atoms with Crippen molar-refractivity contribution in [2.24, 2.45) is 0 Å². The molecule has 4 rings (SSSR count). The molecule has 0 amide bonds. The van der Waals surface area contributed by atoms with Crippen molar-refractivity contribution in [2.75, 3.05) is 0 Å². The molecule has 0 N–H and O–H groups in total. The second-order valence-corrected chi connectivity index (χ2v) is 8.18. The van der Waals surface area contributed by atoms with E-state index in [0.717, 1.165) is 16.7 Å². The molecule has 1 fully saturated rings. The van der Waals surface area contributed by atoms with Crippen LogP contribution in [0.3, 0.4) is 0 Å². The molecule has 0 aliphatic carbocycles. The fraction of sp³-hybridized carbons (Fsp3) is 0.318. The molecule has 0 saturated carbocycles. The molecule has 2 heterocycles. The van der Waals surface area contributed by atoms with E-state index in [1.807, 2.05) is 82.3 Å². The smallest absolute Gasteiger partial charge is 0.412 e. The number of hydrogen-bond donors (Lipinski definition) is 0. The first-order valence-electron chi connectivity index (χ1n) is 9.46. The summed E-state index contributed by atoms with van der Waals surface area (Å²) in [7, 11) is -0.422. The highest BCUT2D eigenvalue weighted by molar-refractivity contribution is 6.62. The largest absolute Gasteiger partial charge is 0.494 e. The number of hydrogen-bond acceptors (Lipinski definition) is 4. The maximum atomic E-state index is 12.3. The van der Waals surface area contributed by atoms with Crippen molar-refractivity contribution < 1.29 is 13.7 Å². The van der Waals surface area contributed by atoms with E-state index in [0.29, 0.717) is 12.2 Å². The lowest BCUT2D eigenvalue weighted by Gasteiger charge is -2.32. The first-order chi connectivity index (χ1) is 13.2. The summed E-state index contributed by atoms with van der Waals surface area (Å²) in [6, 6.07) is 17.5. The van der Waals surface area contributed by atoms with Gasteiger partial charge in [0.15, 0.2) is 0 Å². The second-order valence-electron chi connectivity index (χ2n) is 8.18. The highest BCUT2D eigenvalue weighted by Crippen LogP contribution is 2.36. The predicted molar refractivity (Wildman–Crippen MR) is 109 cm³/mol. The molecule has 1 aliphatic rings. The Bertz CT molecular complexity index is 1000. The van der Waals surface area contributed by atoms with E-state index in [-0.39, 0.29) is 11.2 Å². The Morgan fingerprint density at radius 1 is 0.893 bits per heavy atom. The number of rotatable bonds is 4. The standard InChI is InChI=1S/C22H24BNO4/c1-21(2)22(3,4)28-23(27-21)17-10-12-18(13-11-17)24-15-19(26-20(24)25)14-16-8-6-5-7-9-16/h5-13,15H,14H2,1-4H3. The summed E-state index contributed by atoms with van der Waals surface area (Å²) in [4.78, 5) is 12.3. The van der Waals surface area contributed by atoms with Crippen LogP contribution in [-0.4, -0.2) is 22.9 Å². The summed E-state index contributed by atoms with van der Waals surface area (Å²) in [6.07, 6.45) is 2.33. The lowest BCUT2D eigenvalue weighted by Crippen LogP contribution is -2.41. The Morgan fingerprint density at radius 3 is 2.11 bits per heavy atom. The summed E-state index contributed by atoms with van der Waals surface area (Å²) < 4.78 is 19.1. The predicted octanol–water partition coefficient (Wildman–Crippen LogP) is 3.32. The Labute approximate surface area is 165 Å². The Balaban J connectivity index is 1.54. The molecular formula is C22H24BNO4. The fourth-order valence-electron chi connectivity index (χ4n) is 3.21. The fourth-order valence-corrected chi connectivity index (χ4v) is 3.21. The molecule has 0 radical (unpaired) electrons. The molecule has 144 valence electrons. The van der Waals surface area contributed by atoms with Crippen molar-refractivity contribution >= 4 is 12.6 Å². The SMILES string of the molecule is CC1(C)OB(c2ccc(-n3cc(Cc4ccccc4)oc3=O)cc2)OC1(C)C. The van der Waals surface area contributed by atoms with Crippen LogP contribution in [0.15, 0.2) is 70.0 Å². The van der Waals surface area contributed by atoms with E-state index < -0.39 is 12.9 Å². The van der Waals surface area contributed by atoms with Crippen LogP contribution in [0.1, 0.15) is 39.0 Å². The second kappa shape index (κ2) is 6.80. The molecule has 0 atom stereocenters. The maximum Gasteiger partial charge on any atom is 0.494 e. The Hall–Kier alpha value is -2.57. The minimum absolute atomic E-state index is 0.385. The van der Waals surface area contributed by atoms with E-state index in [9.17, 15) is 4.79 Å². The van der Waals surface area contributed by atoms with Crippen molar-refractivity contribution in [3.05, 3.63) is 82.7 Å². The molecule has 0 spiro atoms. The van der Waals surface area contributed by atoms with Crippen LogP contribution in [0.2, 0.25) is 0 Å². The van der Waals surface area contributed by atoms with Crippen LogP contribution in [0, 0.1) is 0 Å². The van der Waals surface area contributed by atoms with Gasteiger partial charge < -0.3 is 13.7 Å². The minimum atomic E-state index is -0.422. The first kappa shape index (κ1) is 18.8. The van der Waals surface area contributed by atoms with Gasteiger partial charge in [-0.3, -0.25) is 0 Å². The molecule has 1 aromatic heterocycles. The van der Waals surface area contributed by atoms with Crippen LogP contribution < -0.4 is 11.2 Å². The number of aromatic nitrogens is 1.